The van der Waals surface area contributed by atoms with Crippen molar-refractivity contribution in [1.29, 1.82) is 0 Å². The van der Waals surface area contributed by atoms with Crippen LogP contribution in [-0.4, -0.2) is 28.4 Å². The molecule has 5 nitrogen and oxygen atoms in total. The molecule has 2 aromatic carbocycles. The molecule has 0 amide bonds. The Hall–Kier alpha value is -3.34. The highest BCUT2D eigenvalue weighted by molar-refractivity contribution is 6.16. The summed E-state index contributed by atoms with van der Waals surface area (Å²) in [6.07, 6.45) is 0. The van der Waals surface area contributed by atoms with Crippen LogP contribution in [-0.2, 0) is 4.74 Å². The van der Waals surface area contributed by atoms with Gasteiger partial charge < -0.3 is 14.8 Å². The van der Waals surface area contributed by atoms with E-state index in [4.69, 9.17) is 4.74 Å². The lowest BCUT2D eigenvalue weighted by molar-refractivity contribution is 0.0526. The minimum absolute atomic E-state index is 0.110. The smallest absolute Gasteiger partial charge is 0.340 e. The first-order chi connectivity index (χ1) is 12.5. The fraction of sp³-hybridized carbons (Fsp3) is 0.143. The molecule has 0 atom stereocenters. The maximum atomic E-state index is 13.1. The molecule has 0 aliphatic heterocycles. The second-order valence-corrected chi connectivity index (χ2v) is 5.81. The monoisotopic (exact) mass is 349 g/mol. The molecule has 0 unspecified atom stereocenters. The van der Waals surface area contributed by atoms with Crippen molar-refractivity contribution in [2.75, 3.05) is 6.61 Å². The number of nitrogens with one attached hydrogen (secondary N) is 1. The van der Waals surface area contributed by atoms with Crippen molar-refractivity contribution < 1.29 is 19.4 Å². The molecule has 26 heavy (non-hydrogen) atoms. The van der Waals surface area contributed by atoms with Crippen LogP contribution in [0.5, 0.6) is 5.75 Å². The topological polar surface area (TPSA) is 79.4 Å². The number of aromatic amines is 1. The van der Waals surface area contributed by atoms with Crippen LogP contribution < -0.4 is 0 Å². The molecule has 0 spiro atoms. The second kappa shape index (κ2) is 7.27. The number of hydrogen-bond donors (Lipinski definition) is 2. The van der Waals surface area contributed by atoms with E-state index in [0.29, 0.717) is 16.8 Å². The number of aromatic hydroxyl groups is 1. The summed E-state index contributed by atoms with van der Waals surface area (Å²) >= 11 is 0. The predicted octanol–water partition coefficient (Wildman–Crippen LogP) is 4.10. The normalized spacial score (nSPS) is 10.5. The molecule has 0 fully saturated rings. The van der Waals surface area contributed by atoms with E-state index in [2.05, 4.69) is 4.98 Å². The standard InChI is InChI=1S/C21H19NO4/c1-3-26-21(25)17-13(2)22-19(18(17)14-9-5-4-6-10-14)20(24)15-11-7-8-12-16(15)23/h4-12,22-23H,3H2,1-2H3. The van der Waals surface area contributed by atoms with E-state index in [1.165, 1.54) is 6.07 Å². The third kappa shape index (κ3) is 3.11. The summed E-state index contributed by atoms with van der Waals surface area (Å²) in [4.78, 5) is 28.6. The van der Waals surface area contributed by atoms with Crippen LogP contribution in [0.3, 0.4) is 0 Å². The number of carbonyl (C=O) groups excluding carboxylic acids is 2. The number of phenols is 1. The number of hydrogen-bond acceptors (Lipinski definition) is 4. The van der Waals surface area contributed by atoms with Gasteiger partial charge in [0.05, 0.1) is 23.4 Å². The molecule has 0 saturated heterocycles. The first kappa shape index (κ1) is 17.5. The summed E-state index contributed by atoms with van der Waals surface area (Å²) in [5.41, 5.74) is 2.49. The molecule has 132 valence electrons. The number of phenolic OH excluding ortho intramolecular Hbond substituents is 1. The Bertz CT molecular complexity index is 957. The molecule has 0 bridgehead atoms. The quantitative estimate of drug-likeness (QED) is 0.537. The molecule has 0 aliphatic rings. The average molecular weight is 349 g/mol. The zero-order valence-corrected chi connectivity index (χ0v) is 14.6. The zero-order chi connectivity index (χ0) is 18.7. The van der Waals surface area contributed by atoms with E-state index in [-0.39, 0.29) is 29.4 Å². The third-order valence-corrected chi connectivity index (χ3v) is 4.11. The molecule has 2 N–H and O–H groups in total. The van der Waals surface area contributed by atoms with Gasteiger partial charge in [-0.1, -0.05) is 42.5 Å². The number of aromatic nitrogens is 1. The van der Waals surface area contributed by atoms with Gasteiger partial charge in [-0.15, -0.1) is 0 Å². The van der Waals surface area contributed by atoms with Gasteiger partial charge in [0.25, 0.3) is 0 Å². The van der Waals surface area contributed by atoms with Crippen LogP contribution in [0.1, 0.15) is 39.0 Å². The van der Waals surface area contributed by atoms with Gasteiger partial charge in [-0.3, -0.25) is 4.79 Å². The Morgan fingerprint density at radius 1 is 1.04 bits per heavy atom. The van der Waals surface area contributed by atoms with Crippen molar-refractivity contribution in [2.24, 2.45) is 0 Å². The molecule has 1 heterocycles. The fourth-order valence-electron chi connectivity index (χ4n) is 2.95. The number of rotatable bonds is 5. The Labute approximate surface area is 151 Å². The van der Waals surface area contributed by atoms with Gasteiger partial charge in [-0.2, -0.15) is 0 Å². The first-order valence-electron chi connectivity index (χ1n) is 8.32. The van der Waals surface area contributed by atoms with Gasteiger partial charge in [-0.25, -0.2) is 4.79 Å². The van der Waals surface area contributed by atoms with E-state index < -0.39 is 5.97 Å². The fourth-order valence-corrected chi connectivity index (χ4v) is 2.95. The van der Waals surface area contributed by atoms with Crippen LogP contribution in [0.2, 0.25) is 0 Å². The molecular weight excluding hydrogens is 330 g/mol. The van der Waals surface area contributed by atoms with E-state index in [0.717, 1.165) is 5.56 Å². The van der Waals surface area contributed by atoms with Crippen molar-refractivity contribution >= 4 is 11.8 Å². The van der Waals surface area contributed by atoms with Crippen molar-refractivity contribution in [3.63, 3.8) is 0 Å². The Morgan fingerprint density at radius 2 is 1.69 bits per heavy atom. The van der Waals surface area contributed by atoms with Gasteiger partial charge in [0.1, 0.15) is 5.75 Å². The van der Waals surface area contributed by atoms with E-state index in [1.54, 1.807) is 32.0 Å². The summed E-state index contributed by atoms with van der Waals surface area (Å²) in [5.74, 6) is -0.988. The van der Waals surface area contributed by atoms with Gasteiger partial charge in [0, 0.05) is 11.3 Å². The number of carbonyl (C=O) groups is 2. The minimum atomic E-state index is -0.489. The molecule has 5 heteroatoms. The lowest BCUT2D eigenvalue weighted by Crippen LogP contribution is -2.08. The van der Waals surface area contributed by atoms with Crippen molar-refractivity contribution in [1.82, 2.24) is 4.98 Å². The largest absolute Gasteiger partial charge is 0.507 e. The van der Waals surface area contributed by atoms with Crippen LogP contribution >= 0.6 is 0 Å². The molecule has 0 radical (unpaired) electrons. The summed E-state index contributed by atoms with van der Waals surface area (Å²) in [5, 5.41) is 10.0. The van der Waals surface area contributed by atoms with Crippen LogP contribution in [0.4, 0.5) is 0 Å². The highest BCUT2D eigenvalue weighted by Crippen LogP contribution is 2.33. The molecule has 0 aliphatic carbocycles. The lowest BCUT2D eigenvalue weighted by Gasteiger charge is -2.08. The maximum absolute atomic E-state index is 13.1. The van der Waals surface area contributed by atoms with Crippen LogP contribution in [0.25, 0.3) is 11.1 Å². The van der Waals surface area contributed by atoms with Gasteiger partial charge in [-0.05, 0) is 31.5 Å². The third-order valence-electron chi connectivity index (χ3n) is 4.11. The molecule has 3 rings (SSSR count). The number of benzene rings is 2. The number of aryl methyl sites for hydroxylation is 1. The average Bonchev–Trinajstić information content (AvgIpc) is 3.00. The van der Waals surface area contributed by atoms with E-state index >= 15 is 0 Å². The Balaban J connectivity index is 2.23. The molecule has 1 aromatic heterocycles. The predicted molar refractivity (Wildman–Crippen MR) is 98.5 cm³/mol. The number of para-hydroxylation sites is 1. The van der Waals surface area contributed by atoms with E-state index in [1.807, 2.05) is 30.3 Å². The van der Waals surface area contributed by atoms with Gasteiger partial charge >= 0.3 is 5.97 Å². The van der Waals surface area contributed by atoms with Crippen LogP contribution in [0.15, 0.2) is 54.6 Å². The summed E-state index contributed by atoms with van der Waals surface area (Å²) < 4.78 is 5.17. The summed E-state index contributed by atoms with van der Waals surface area (Å²) in [6.45, 7) is 3.69. The molecule has 3 aromatic rings. The van der Waals surface area contributed by atoms with Gasteiger partial charge in [0.2, 0.25) is 5.78 Å². The highest BCUT2D eigenvalue weighted by atomic mass is 16.5. The second-order valence-electron chi connectivity index (χ2n) is 5.81. The Kier molecular flexibility index (Phi) is 4.89. The number of H-pyrrole nitrogens is 1. The molecule has 0 saturated carbocycles. The number of ether oxygens (including phenoxy) is 1. The number of ketones is 1. The van der Waals surface area contributed by atoms with Gasteiger partial charge in [0.15, 0.2) is 0 Å². The number of esters is 1. The maximum Gasteiger partial charge on any atom is 0.340 e. The van der Waals surface area contributed by atoms with E-state index in [9.17, 15) is 14.7 Å². The summed E-state index contributed by atoms with van der Waals surface area (Å²) in [6, 6.07) is 15.5. The first-order valence-corrected chi connectivity index (χ1v) is 8.32. The van der Waals surface area contributed by atoms with Crippen molar-refractivity contribution in [2.45, 2.75) is 13.8 Å². The minimum Gasteiger partial charge on any atom is -0.507 e. The zero-order valence-electron chi connectivity index (χ0n) is 14.6. The lowest BCUT2D eigenvalue weighted by atomic mass is 9.96. The SMILES string of the molecule is CCOC(=O)c1c(C)[nH]c(C(=O)c2ccccc2O)c1-c1ccccc1. The van der Waals surface area contributed by atoms with Crippen molar-refractivity contribution in [3.05, 3.63) is 77.1 Å². The highest BCUT2D eigenvalue weighted by Gasteiger charge is 2.28. The van der Waals surface area contributed by atoms with Crippen molar-refractivity contribution in [3.8, 4) is 16.9 Å². The summed E-state index contributed by atoms with van der Waals surface area (Å²) in [7, 11) is 0. The Morgan fingerprint density at radius 3 is 2.35 bits per heavy atom. The molecular formula is C21H19NO4. The van der Waals surface area contributed by atoms with Crippen LogP contribution in [0, 0.1) is 6.92 Å².